The summed E-state index contributed by atoms with van der Waals surface area (Å²) in [6.45, 7) is -2.88. The number of aromatic hydroxyl groups is 1. The zero-order valence-corrected chi connectivity index (χ0v) is 8.23. The minimum Gasteiger partial charge on any atom is -0.508 e. The van der Waals surface area contributed by atoms with Gasteiger partial charge >= 0.3 is 5.97 Å². The van der Waals surface area contributed by atoms with E-state index in [1.165, 1.54) is 24.3 Å². The van der Waals surface area contributed by atoms with Crippen LogP contribution in [0.3, 0.4) is 0 Å². The maximum Gasteiger partial charge on any atom is 0.321 e. The lowest BCUT2D eigenvalue weighted by Crippen LogP contribution is -2.41. The van der Waals surface area contributed by atoms with Crippen molar-refractivity contribution in [2.75, 3.05) is 0 Å². The Labute approximate surface area is 90.5 Å². The van der Waals surface area contributed by atoms with Gasteiger partial charge < -0.3 is 10.2 Å². The Balaban J connectivity index is 2.68. The van der Waals surface area contributed by atoms with Gasteiger partial charge in [-0.05, 0) is 24.1 Å². The van der Waals surface area contributed by atoms with Crippen LogP contribution in [-0.4, -0.2) is 28.8 Å². The normalized spacial score (nSPS) is 12.7. The topological polar surface area (TPSA) is 69.6 Å². The van der Waals surface area contributed by atoms with Crippen LogP contribution in [0.1, 0.15) is 5.56 Å². The minimum atomic E-state index is -2.88. The third-order valence-corrected chi connectivity index (χ3v) is 2.00. The van der Waals surface area contributed by atoms with Crippen LogP contribution in [0.5, 0.6) is 5.75 Å². The minimum absolute atomic E-state index is 0.0393. The van der Waals surface area contributed by atoms with Gasteiger partial charge in [-0.25, -0.2) is 5.32 Å². The van der Waals surface area contributed by atoms with E-state index in [4.69, 9.17) is 10.2 Å². The molecule has 0 aliphatic carbocycles. The molecule has 1 aromatic rings. The Morgan fingerprint density at radius 1 is 1.31 bits per heavy atom. The van der Waals surface area contributed by atoms with Crippen LogP contribution in [0.15, 0.2) is 24.3 Å². The summed E-state index contributed by atoms with van der Waals surface area (Å²) in [4.78, 5) is 10.7. The molecule has 0 radical (unpaired) electrons. The number of hydrogen-bond acceptors (Lipinski definition) is 3. The van der Waals surface area contributed by atoms with Crippen molar-refractivity contribution >= 4 is 5.97 Å². The van der Waals surface area contributed by atoms with Gasteiger partial charge in [0.15, 0.2) is 0 Å². The summed E-state index contributed by atoms with van der Waals surface area (Å²) in [5.41, 5.74) is 0.554. The molecular formula is C10H11F2NO3. The van der Waals surface area contributed by atoms with Gasteiger partial charge in [0, 0.05) is 0 Å². The van der Waals surface area contributed by atoms with Gasteiger partial charge in [0.05, 0.1) is 0 Å². The summed E-state index contributed by atoms with van der Waals surface area (Å²) < 4.78 is 24.0. The van der Waals surface area contributed by atoms with Gasteiger partial charge in [-0.3, -0.25) is 4.79 Å². The predicted molar refractivity (Wildman–Crippen MR) is 52.4 cm³/mol. The molecule has 0 aliphatic rings. The molecule has 1 aromatic carbocycles. The van der Waals surface area contributed by atoms with E-state index in [0.717, 1.165) is 0 Å². The van der Waals surface area contributed by atoms with Crippen LogP contribution < -0.4 is 5.32 Å². The van der Waals surface area contributed by atoms with Gasteiger partial charge in [0.1, 0.15) is 11.8 Å². The molecule has 0 aliphatic heterocycles. The molecule has 0 fully saturated rings. The Morgan fingerprint density at radius 3 is 2.31 bits per heavy atom. The first-order chi connectivity index (χ1) is 7.49. The van der Waals surface area contributed by atoms with Gasteiger partial charge in [0.25, 0.3) is 6.55 Å². The molecule has 4 nitrogen and oxygen atoms in total. The van der Waals surface area contributed by atoms with Crippen LogP contribution >= 0.6 is 0 Å². The highest BCUT2D eigenvalue weighted by atomic mass is 19.3. The van der Waals surface area contributed by atoms with E-state index in [1.807, 2.05) is 0 Å². The quantitative estimate of drug-likeness (QED) is 0.666. The molecule has 0 amide bonds. The molecule has 0 unspecified atom stereocenters. The highest BCUT2D eigenvalue weighted by molar-refractivity contribution is 5.73. The maximum absolute atomic E-state index is 12.0. The number of rotatable bonds is 5. The molecular weight excluding hydrogens is 220 g/mol. The fourth-order valence-electron chi connectivity index (χ4n) is 1.24. The molecule has 0 aromatic heterocycles. The zero-order chi connectivity index (χ0) is 12.1. The average molecular weight is 231 g/mol. The van der Waals surface area contributed by atoms with Gasteiger partial charge in [-0.2, -0.15) is 8.78 Å². The Hall–Kier alpha value is -1.69. The van der Waals surface area contributed by atoms with Gasteiger partial charge in [0.2, 0.25) is 0 Å². The number of aliphatic carboxylic acids is 1. The number of hydrogen-bond donors (Lipinski definition) is 3. The van der Waals surface area contributed by atoms with E-state index in [0.29, 0.717) is 5.56 Å². The third kappa shape index (κ3) is 3.82. The summed E-state index contributed by atoms with van der Waals surface area (Å²) in [6, 6.07) is 4.37. The molecule has 0 saturated heterocycles. The number of carbonyl (C=O) groups is 1. The van der Waals surface area contributed by atoms with Crippen molar-refractivity contribution in [1.29, 1.82) is 0 Å². The standard InChI is InChI=1S/C10H11F2NO3/c11-10(12)13-8(9(15)16)5-6-1-3-7(14)4-2-6/h1-4,8,10,13-14H,5H2,(H,15,16)/t8-/m0/s1. The summed E-state index contributed by atoms with van der Waals surface area (Å²) in [7, 11) is 0. The number of carboxylic acids is 1. The first kappa shape index (κ1) is 12.4. The van der Waals surface area contributed by atoms with E-state index < -0.39 is 18.6 Å². The molecule has 6 heteroatoms. The number of carboxylic acid groups (broad SMARTS) is 1. The largest absolute Gasteiger partial charge is 0.508 e. The second-order valence-corrected chi connectivity index (χ2v) is 3.23. The summed E-state index contributed by atoms with van der Waals surface area (Å²) >= 11 is 0. The number of alkyl halides is 2. The fraction of sp³-hybridized carbons (Fsp3) is 0.300. The van der Waals surface area contributed by atoms with Crippen LogP contribution in [0.4, 0.5) is 8.78 Å². The summed E-state index contributed by atoms with van der Waals surface area (Å²) in [5.74, 6) is -1.30. The fourth-order valence-corrected chi connectivity index (χ4v) is 1.24. The van der Waals surface area contributed by atoms with Crippen molar-refractivity contribution in [2.24, 2.45) is 0 Å². The van der Waals surface area contributed by atoms with E-state index in [9.17, 15) is 13.6 Å². The lowest BCUT2D eigenvalue weighted by Gasteiger charge is -2.13. The van der Waals surface area contributed by atoms with E-state index in [-0.39, 0.29) is 12.2 Å². The molecule has 0 heterocycles. The van der Waals surface area contributed by atoms with Crippen molar-refractivity contribution in [3.8, 4) is 5.75 Å². The Morgan fingerprint density at radius 2 is 1.88 bits per heavy atom. The molecule has 3 N–H and O–H groups in total. The van der Waals surface area contributed by atoms with Crippen LogP contribution in [0, 0.1) is 0 Å². The molecule has 0 bridgehead atoms. The lowest BCUT2D eigenvalue weighted by molar-refractivity contribution is -0.140. The molecule has 1 rings (SSSR count). The number of phenolic OH excluding ortho intramolecular Hbond substituents is 1. The van der Waals surface area contributed by atoms with E-state index in [2.05, 4.69) is 0 Å². The molecule has 1 atom stereocenters. The third-order valence-electron chi connectivity index (χ3n) is 2.00. The first-order valence-electron chi connectivity index (χ1n) is 4.54. The molecule has 88 valence electrons. The monoisotopic (exact) mass is 231 g/mol. The van der Waals surface area contributed by atoms with Crippen molar-refractivity contribution in [1.82, 2.24) is 5.32 Å². The maximum atomic E-state index is 12.0. The summed E-state index contributed by atoms with van der Waals surface area (Å²) in [6.07, 6.45) is -0.0695. The van der Waals surface area contributed by atoms with E-state index in [1.54, 1.807) is 5.32 Å². The second kappa shape index (κ2) is 5.41. The van der Waals surface area contributed by atoms with Crippen LogP contribution in [0.25, 0.3) is 0 Å². The lowest BCUT2D eigenvalue weighted by atomic mass is 10.1. The Bertz CT molecular complexity index is 354. The predicted octanol–water partition coefficient (Wildman–Crippen LogP) is 1.20. The molecule has 0 spiro atoms. The van der Waals surface area contributed by atoms with E-state index >= 15 is 0 Å². The van der Waals surface area contributed by atoms with Crippen LogP contribution in [-0.2, 0) is 11.2 Å². The number of benzene rings is 1. The van der Waals surface area contributed by atoms with Gasteiger partial charge in [-0.15, -0.1) is 0 Å². The van der Waals surface area contributed by atoms with Crippen molar-refractivity contribution in [3.63, 3.8) is 0 Å². The number of nitrogens with one attached hydrogen (secondary N) is 1. The highest BCUT2D eigenvalue weighted by Crippen LogP contribution is 2.11. The van der Waals surface area contributed by atoms with Crippen molar-refractivity contribution in [3.05, 3.63) is 29.8 Å². The van der Waals surface area contributed by atoms with Crippen molar-refractivity contribution < 1.29 is 23.8 Å². The zero-order valence-electron chi connectivity index (χ0n) is 8.23. The average Bonchev–Trinajstić information content (AvgIpc) is 2.19. The van der Waals surface area contributed by atoms with Crippen LogP contribution in [0.2, 0.25) is 0 Å². The SMILES string of the molecule is O=C(O)[C@H](Cc1ccc(O)cc1)NC(F)F. The molecule has 16 heavy (non-hydrogen) atoms. The first-order valence-corrected chi connectivity index (χ1v) is 4.54. The smallest absolute Gasteiger partial charge is 0.321 e. The molecule has 0 saturated carbocycles. The summed E-state index contributed by atoms with van der Waals surface area (Å²) in [5, 5.41) is 19.3. The van der Waals surface area contributed by atoms with Crippen molar-refractivity contribution in [2.45, 2.75) is 19.0 Å². The number of halogens is 2. The highest BCUT2D eigenvalue weighted by Gasteiger charge is 2.21. The van der Waals surface area contributed by atoms with Gasteiger partial charge in [-0.1, -0.05) is 12.1 Å². The second-order valence-electron chi connectivity index (χ2n) is 3.23. The Kier molecular flexibility index (Phi) is 4.19. The number of phenols is 1.